The topological polar surface area (TPSA) is 58.4 Å². The van der Waals surface area contributed by atoms with Gasteiger partial charge in [0, 0.05) is 25.7 Å². The maximum absolute atomic E-state index is 12.1. The minimum Gasteiger partial charge on any atom is -0.354 e. The first-order valence-corrected chi connectivity index (χ1v) is 6.78. The van der Waals surface area contributed by atoms with Gasteiger partial charge >= 0.3 is 0 Å². The number of carbonyl (C=O) groups is 1. The third-order valence-corrected chi connectivity index (χ3v) is 4.15. The number of rotatable bonds is 8. The van der Waals surface area contributed by atoms with Crippen molar-refractivity contribution in [2.24, 2.45) is 11.1 Å². The SMILES string of the molecule is CCC(CC)(CN)C(=O)NCCN(C)C1CC1.Cl.Cl. The summed E-state index contributed by atoms with van der Waals surface area (Å²) in [6.45, 7) is 6.17. The van der Waals surface area contributed by atoms with Crippen molar-refractivity contribution in [1.82, 2.24) is 10.2 Å². The van der Waals surface area contributed by atoms with Crippen molar-refractivity contribution in [1.29, 1.82) is 0 Å². The van der Waals surface area contributed by atoms with Crippen LogP contribution in [0.15, 0.2) is 0 Å². The lowest BCUT2D eigenvalue weighted by atomic mass is 9.81. The summed E-state index contributed by atoms with van der Waals surface area (Å²) in [6.07, 6.45) is 4.23. The molecule has 0 atom stereocenters. The normalized spacial score (nSPS) is 14.6. The molecule has 1 aliphatic carbocycles. The molecule has 1 fully saturated rings. The molecule has 0 spiro atoms. The number of carbonyl (C=O) groups excluding carboxylic acids is 1. The molecule has 0 aromatic heterocycles. The molecule has 0 aromatic rings. The summed E-state index contributed by atoms with van der Waals surface area (Å²) in [4.78, 5) is 14.4. The summed E-state index contributed by atoms with van der Waals surface area (Å²) in [5, 5.41) is 3.03. The highest BCUT2D eigenvalue weighted by Crippen LogP contribution is 2.26. The van der Waals surface area contributed by atoms with Gasteiger partial charge in [-0.1, -0.05) is 13.8 Å². The Morgan fingerprint density at radius 1 is 1.32 bits per heavy atom. The van der Waals surface area contributed by atoms with E-state index < -0.39 is 0 Å². The van der Waals surface area contributed by atoms with Crippen molar-refractivity contribution in [3.8, 4) is 0 Å². The van der Waals surface area contributed by atoms with Crippen molar-refractivity contribution < 1.29 is 4.79 Å². The Bertz CT molecular complexity index is 248. The molecule has 1 saturated carbocycles. The number of hydrogen-bond donors (Lipinski definition) is 2. The maximum Gasteiger partial charge on any atom is 0.227 e. The second-order valence-electron chi connectivity index (χ2n) is 5.16. The summed E-state index contributed by atoms with van der Waals surface area (Å²) < 4.78 is 0. The smallest absolute Gasteiger partial charge is 0.227 e. The zero-order chi connectivity index (χ0) is 12.9. The number of nitrogens with zero attached hydrogens (tertiary/aromatic N) is 1. The molecule has 0 bridgehead atoms. The van der Waals surface area contributed by atoms with Crippen LogP contribution in [0.2, 0.25) is 0 Å². The van der Waals surface area contributed by atoms with Gasteiger partial charge in [-0.2, -0.15) is 0 Å². The van der Waals surface area contributed by atoms with Crippen LogP contribution in [0.25, 0.3) is 0 Å². The number of nitrogens with one attached hydrogen (secondary N) is 1. The van der Waals surface area contributed by atoms with Crippen LogP contribution >= 0.6 is 24.8 Å². The van der Waals surface area contributed by atoms with Crippen LogP contribution in [0.1, 0.15) is 39.5 Å². The Kier molecular flexibility index (Phi) is 11.0. The minimum atomic E-state index is -0.363. The Morgan fingerprint density at radius 2 is 1.84 bits per heavy atom. The summed E-state index contributed by atoms with van der Waals surface area (Å²) in [7, 11) is 2.12. The Morgan fingerprint density at radius 3 is 2.21 bits per heavy atom. The number of halogens is 2. The first-order chi connectivity index (χ1) is 8.09. The second-order valence-corrected chi connectivity index (χ2v) is 5.16. The van der Waals surface area contributed by atoms with E-state index in [2.05, 4.69) is 17.3 Å². The molecule has 1 aliphatic rings. The van der Waals surface area contributed by atoms with Crippen molar-refractivity contribution in [2.45, 2.75) is 45.6 Å². The lowest BCUT2D eigenvalue weighted by Gasteiger charge is -2.29. The maximum atomic E-state index is 12.1. The lowest BCUT2D eigenvalue weighted by molar-refractivity contribution is -0.131. The fraction of sp³-hybridized carbons (Fsp3) is 0.923. The van der Waals surface area contributed by atoms with Crippen LogP contribution in [0.4, 0.5) is 0 Å². The molecule has 1 rings (SSSR count). The molecule has 4 nitrogen and oxygen atoms in total. The van der Waals surface area contributed by atoms with Gasteiger partial charge in [-0.15, -0.1) is 24.8 Å². The third-order valence-electron chi connectivity index (χ3n) is 4.15. The summed E-state index contributed by atoms with van der Waals surface area (Å²) in [5.41, 5.74) is 5.39. The van der Waals surface area contributed by atoms with Gasteiger partial charge in [0.15, 0.2) is 0 Å². The van der Waals surface area contributed by atoms with Crippen LogP contribution in [0.3, 0.4) is 0 Å². The van der Waals surface area contributed by atoms with E-state index in [0.717, 1.165) is 32.0 Å². The average Bonchev–Trinajstić information content (AvgIpc) is 3.16. The predicted molar refractivity (Wildman–Crippen MR) is 85.2 cm³/mol. The zero-order valence-corrected chi connectivity index (χ0v) is 13.9. The second kappa shape index (κ2) is 9.81. The van der Waals surface area contributed by atoms with Crippen LogP contribution in [0.5, 0.6) is 0 Å². The molecule has 0 radical (unpaired) electrons. The molecule has 0 saturated heterocycles. The van der Waals surface area contributed by atoms with E-state index in [1.807, 2.05) is 13.8 Å². The van der Waals surface area contributed by atoms with E-state index in [1.54, 1.807) is 0 Å². The largest absolute Gasteiger partial charge is 0.354 e. The molecule has 1 amide bonds. The Balaban J connectivity index is 0. The highest BCUT2D eigenvalue weighted by molar-refractivity contribution is 5.85. The van der Waals surface area contributed by atoms with Crippen LogP contribution < -0.4 is 11.1 Å². The molecular formula is C13H29Cl2N3O. The van der Waals surface area contributed by atoms with Gasteiger partial charge in [0.1, 0.15) is 0 Å². The quantitative estimate of drug-likeness (QED) is 0.718. The Labute approximate surface area is 129 Å². The number of amides is 1. The van der Waals surface area contributed by atoms with E-state index in [0.29, 0.717) is 6.54 Å². The first kappa shape index (κ1) is 21.3. The number of likely N-dealkylation sites (N-methyl/N-ethyl adjacent to an activating group) is 1. The highest BCUT2D eigenvalue weighted by Gasteiger charge is 2.33. The minimum absolute atomic E-state index is 0. The fourth-order valence-electron chi connectivity index (χ4n) is 2.18. The first-order valence-electron chi connectivity index (χ1n) is 6.78. The molecule has 0 heterocycles. The van der Waals surface area contributed by atoms with Gasteiger partial charge in [0.05, 0.1) is 5.41 Å². The van der Waals surface area contributed by atoms with E-state index in [4.69, 9.17) is 5.73 Å². The van der Waals surface area contributed by atoms with Gasteiger partial charge in [-0.3, -0.25) is 4.79 Å². The van der Waals surface area contributed by atoms with Crippen molar-refractivity contribution in [3.05, 3.63) is 0 Å². The molecule has 116 valence electrons. The summed E-state index contributed by atoms with van der Waals surface area (Å²) in [5.74, 6) is 0.120. The monoisotopic (exact) mass is 313 g/mol. The summed E-state index contributed by atoms with van der Waals surface area (Å²) in [6, 6.07) is 0.753. The van der Waals surface area contributed by atoms with E-state index >= 15 is 0 Å². The molecule has 0 aliphatic heterocycles. The molecule has 6 heteroatoms. The molecular weight excluding hydrogens is 285 g/mol. The third kappa shape index (κ3) is 5.86. The van der Waals surface area contributed by atoms with Crippen molar-refractivity contribution >= 4 is 30.7 Å². The highest BCUT2D eigenvalue weighted by atomic mass is 35.5. The molecule has 19 heavy (non-hydrogen) atoms. The van der Waals surface area contributed by atoms with E-state index in [1.165, 1.54) is 12.8 Å². The Hall–Kier alpha value is -0.0300. The molecule has 0 unspecified atom stereocenters. The van der Waals surface area contributed by atoms with Crippen LogP contribution in [-0.2, 0) is 4.79 Å². The summed E-state index contributed by atoms with van der Waals surface area (Å²) >= 11 is 0. The fourth-order valence-corrected chi connectivity index (χ4v) is 2.18. The van der Waals surface area contributed by atoms with Crippen LogP contribution in [-0.4, -0.2) is 43.5 Å². The lowest BCUT2D eigenvalue weighted by Crippen LogP contribution is -2.47. The van der Waals surface area contributed by atoms with E-state index in [9.17, 15) is 4.79 Å². The predicted octanol–water partition coefficient (Wildman–Crippen LogP) is 1.81. The van der Waals surface area contributed by atoms with Gasteiger partial charge in [-0.25, -0.2) is 0 Å². The van der Waals surface area contributed by atoms with Crippen molar-refractivity contribution in [2.75, 3.05) is 26.7 Å². The van der Waals surface area contributed by atoms with Gasteiger partial charge in [0.2, 0.25) is 5.91 Å². The molecule has 3 N–H and O–H groups in total. The van der Waals surface area contributed by atoms with Gasteiger partial charge in [-0.05, 0) is 32.7 Å². The molecule has 0 aromatic carbocycles. The zero-order valence-electron chi connectivity index (χ0n) is 12.3. The standard InChI is InChI=1S/C13H27N3O.2ClH/c1-4-13(5-2,10-14)12(17)15-8-9-16(3)11-6-7-11;;/h11H,4-10,14H2,1-3H3,(H,15,17);2*1H. The number of hydrogen-bond acceptors (Lipinski definition) is 3. The van der Waals surface area contributed by atoms with Crippen LogP contribution in [0, 0.1) is 5.41 Å². The number of nitrogens with two attached hydrogens (primary N) is 1. The van der Waals surface area contributed by atoms with Gasteiger partial charge in [0.25, 0.3) is 0 Å². The van der Waals surface area contributed by atoms with Gasteiger partial charge < -0.3 is 16.0 Å². The average molecular weight is 314 g/mol. The van der Waals surface area contributed by atoms with Crippen molar-refractivity contribution in [3.63, 3.8) is 0 Å². The van der Waals surface area contributed by atoms with E-state index in [-0.39, 0.29) is 36.1 Å².